The predicted molar refractivity (Wildman–Crippen MR) is 102 cm³/mol. The molecule has 0 radical (unpaired) electrons. The summed E-state index contributed by atoms with van der Waals surface area (Å²) in [5.74, 6) is -0.274. The lowest BCUT2D eigenvalue weighted by Gasteiger charge is -2.17. The first-order chi connectivity index (χ1) is 12.5. The molecule has 5 heteroatoms. The number of Topliss-reactive ketones (excluding diaryl/α,β-unsaturated/α-hetero) is 1. The van der Waals surface area contributed by atoms with Gasteiger partial charge in [-0.05, 0) is 25.7 Å². The third-order valence-electron chi connectivity index (χ3n) is 5.26. The molecular weight excluding hydrogens is 332 g/mol. The van der Waals surface area contributed by atoms with Gasteiger partial charge in [0.2, 0.25) is 0 Å². The summed E-state index contributed by atoms with van der Waals surface area (Å²) in [6.07, 6.45) is 11.5. The minimum Gasteiger partial charge on any atom is -0.469 e. The molecule has 0 aromatic heterocycles. The van der Waals surface area contributed by atoms with Crippen molar-refractivity contribution in [3.63, 3.8) is 0 Å². The van der Waals surface area contributed by atoms with Crippen molar-refractivity contribution in [2.24, 2.45) is 11.8 Å². The van der Waals surface area contributed by atoms with Gasteiger partial charge >= 0.3 is 5.97 Å². The number of carbonyl (C=O) groups is 2. The summed E-state index contributed by atoms with van der Waals surface area (Å²) in [4.78, 5) is 23.2. The van der Waals surface area contributed by atoms with Crippen LogP contribution in [0.4, 0.5) is 0 Å². The molecule has 0 bridgehead atoms. The molecule has 1 saturated carbocycles. The van der Waals surface area contributed by atoms with Crippen molar-refractivity contribution in [3.8, 4) is 0 Å². The van der Waals surface area contributed by atoms with E-state index >= 15 is 0 Å². The van der Waals surface area contributed by atoms with E-state index in [9.17, 15) is 19.8 Å². The third-order valence-corrected chi connectivity index (χ3v) is 5.26. The fourth-order valence-electron chi connectivity index (χ4n) is 3.63. The second-order valence-electron chi connectivity index (χ2n) is 7.41. The number of hydrogen-bond donors (Lipinski definition) is 2. The second kappa shape index (κ2) is 13.0. The van der Waals surface area contributed by atoms with Crippen LogP contribution in [-0.4, -0.2) is 41.3 Å². The molecule has 2 N–H and O–H groups in total. The molecule has 1 fully saturated rings. The van der Waals surface area contributed by atoms with E-state index in [2.05, 4.69) is 11.7 Å². The molecule has 0 aliphatic heterocycles. The van der Waals surface area contributed by atoms with Gasteiger partial charge in [0.1, 0.15) is 5.78 Å². The number of carbonyl (C=O) groups excluding carboxylic acids is 2. The molecule has 1 aliphatic carbocycles. The van der Waals surface area contributed by atoms with Gasteiger partial charge in [-0.25, -0.2) is 0 Å². The molecule has 5 nitrogen and oxygen atoms in total. The molecule has 0 aromatic rings. The first-order valence-electron chi connectivity index (χ1n) is 10.1. The van der Waals surface area contributed by atoms with Crippen molar-refractivity contribution >= 4 is 11.8 Å². The number of hydrogen-bond acceptors (Lipinski definition) is 5. The van der Waals surface area contributed by atoms with Crippen LogP contribution < -0.4 is 0 Å². The number of rotatable bonds is 13. The lowest BCUT2D eigenvalue weighted by molar-refractivity contribution is -0.140. The Morgan fingerprint density at radius 1 is 1.27 bits per heavy atom. The number of methoxy groups -OCH3 is 1. The summed E-state index contributed by atoms with van der Waals surface area (Å²) >= 11 is 0. The molecule has 0 heterocycles. The van der Waals surface area contributed by atoms with Gasteiger partial charge in [0, 0.05) is 24.7 Å². The Labute approximate surface area is 157 Å². The summed E-state index contributed by atoms with van der Waals surface area (Å²) < 4.78 is 4.62. The van der Waals surface area contributed by atoms with Gasteiger partial charge in [0.25, 0.3) is 0 Å². The highest BCUT2D eigenvalue weighted by atomic mass is 16.5. The predicted octanol–water partition coefficient (Wildman–Crippen LogP) is 3.56. The van der Waals surface area contributed by atoms with Gasteiger partial charge in [0.15, 0.2) is 0 Å². The number of ketones is 1. The second-order valence-corrected chi connectivity index (χ2v) is 7.41. The molecule has 1 aliphatic rings. The Hall–Kier alpha value is -1.20. The Balaban J connectivity index is 2.34. The van der Waals surface area contributed by atoms with Crippen LogP contribution >= 0.6 is 0 Å². The zero-order chi connectivity index (χ0) is 19.4. The van der Waals surface area contributed by atoms with Gasteiger partial charge in [0.05, 0.1) is 19.3 Å². The fourth-order valence-corrected chi connectivity index (χ4v) is 3.63. The molecular formula is C21H36O5. The van der Waals surface area contributed by atoms with E-state index in [1.807, 2.05) is 12.2 Å². The monoisotopic (exact) mass is 368 g/mol. The van der Waals surface area contributed by atoms with E-state index in [0.29, 0.717) is 12.8 Å². The summed E-state index contributed by atoms with van der Waals surface area (Å²) in [6.45, 7) is 2.10. The first-order valence-corrected chi connectivity index (χ1v) is 10.1. The Kier molecular flexibility index (Phi) is 11.5. The highest BCUT2D eigenvalue weighted by Gasteiger charge is 2.39. The molecule has 26 heavy (non-hydrogen) atoms. The van der Waals surface area contributed by atoms with E-state index in [1.54, 1.807) is 0 Å². The topological polar surface area (TPSA) is 83.8 Å². The van der Waals surface area contributed by atoms with Crippen LogP contribution in [0, 0.1) is 11.8 Å². The zero-order valence-electron chi connectivity index (χ0n) is 16.4. The van der Waals surface area contributed by atoms with Gasteiger partial charge in [-0.15, -0.1) is 0 Å². The number of aliphatic hydroxyl groups excluding tert-OH is 2. The van der Waals surface area contributed by atoms with E-state index in [4.69, 9.17) is 0 Å². The van der Waals surface area contributed by atoms with E-state index < -0.39 is 6.10 Å². The maximum Gasteiger partial charge on any atom is 0.305 e. The van der Waals surface area contributed by atoms with E-state index in [-0.39, 0.29) is 36.1 Å². The SMILES string of the molecule is CCCCC(O)CC=C[C@H]1[C@H](O)CC(=O)[C@@H]1CCCCCCC(=O)OC. The van der Waals surface area contributed by atoms with Crippen molar-refractivity contribution in [1.29, 1.82) is 0 Å². The van der Waals surface area contributed by atoms with Crippen molar-refractivity contribution in [1.82, 2.24) is 0 Å². The van der Waals surface area contributed by atoms with Crippen LogP contribution in [0.5, 0.6) is 0 Å². The van der Waals surface area contributed by atoms with Crippen LogP contribution in [0.15, 0.2) is 12.2 Å². The molecule has 0 spiro atoms. The standard InChI is InChI=1S/C21H36O5/c1-3-4-10-16(22)11-9-13-18-17(19(23)15-20(18)24)12-7-5-6-8-14-21(25)26-2/h9,13,16-18,20,22,24H,3-8,10-12,14-15H2,1-2H3/t16?,17-,18-,20-/m1/s1. The normalized spacial score (nSPS) is 24.3. The molecule has 0 aromatic carbocycles. The van der Waals surface area contributed by atoms with Crippen molar-refractivity contribution < 1.29 is 24.5 Å². The molecule has 4 atom stereocenters. The van der Waals surface area contributed by atoms with Crippen molar-refractivity contribution in [2.45, 2.75) is 89.8 Å². The summed E-state index contributed by atoms with van der Waals surface area (Å²) in [7, 11) is 1.40. The van der Waals surface area contributed by atoms with E-state index in [1.165, 1.54) is 7.11 Å². The van der Waals surface area contributed by atoms with Crippen LogP contribution in [0.1, 0.15) is 77.6 Å². The maximum atomic E-state index is 12.2. The molecule has 1 rings (SSSR count). The van der Waals surface area contributed by atoms with Gasteiger partial charge in [-0.2, -0.15) is 0 Å². The lowest BCUT2D eigenvalue weighted by atomic mass is 9.88. The maximum absolute atomic E-state index is 12.2. The van der Waals surface area contributed by atoms with Crippen molar-refractivity contribution in [2.75, 3.05) is 7.11 Å². The average molecular weight is 369 g/mol. The molecule has 0 saturated heterocycles. The van der Waals surface area contributed by atoms with Crippen molar-refractivity contribution in [3.05, 3.63) is 12.2 Å². The molecule has 150 valence electrons. The number of unbranched alkanes of at least 4 members (excludes halogenated alkanes) is 4. The first kappa shape index (κ1) is 22.8. The van der Waals surface area contributed by atoms with E-state index in [0.717, 1.165) is 51.4 Å². The zero-order valence-corrected chi connectivity index (χ0v) is 16.4. The van der Waals surface area contributed by atoms with Crippen LogP contribution in [0.2, 0.25) is 0 Å². The number of aliphatic hydroxyl groups is 2. The summed E-state index contributed by atoms with van der Waals surface area (Å²) in [5, 5.41) is 20.1. The highest BCUT2D eigenvalue weighted by Crippen LogP contribution is 2.34. The quantitative estimate of drug-likeness (QED) is 0.295. The Morgan fingerprint density at radius 2 is 2.00 bits per heavy atom. The van der Waals surface area contributed by atoms with Crippen LogP contribution in [0.3, 0.4) is 0 Å². The van der Waals surface area contributed by atoms with Gasteiger partial charge in [-0.1, -0.05) is 51.2 Å². The summed E-state index contributed by atoms with van der Waals surface area (Å²) in [5.41, 5.74) is 0. The average Bonchev–Trinajstić information content (AvgIpc) is 2.89. The van der Waals surface area contributed by atoms with Gasteiger partial charge in [-0.3, -0.25) is 9.59 Å². The third kappa shape index (κ3) is 8.45. The minimum atomic E-state index is -0.601. The Morgan fingerprint density at radius 3 is 2.69 bits per heavy atom. The van der Waals surface area contributed by atoms with Crippen LogP contribution in [-0.2, 0) is 14.3 Å². The Bertz CT molecular complexity index is 446. The lowest BCUT2D eigenvalue weighted by Crippen LogP contribution is -2.18. The number of esters is 1. The summed E-state index contributed by atoms with van der Waals surface area (Å²) in [6, 6.07) is 0. The number of ether oxygens (including phenoxy) is 1. The van der Waals surface area contributed by atoms with Gasteiger partial charge < -0.3 is 14.9 Å². The fraction of sp³-hybridized carbons (Fsp3) is 0.810. The smallest absolute Gasteiger partial charge is 0.305 e. The molecule has 0 amide bonds. The minimum absolute atomic E-state index is 0.116. The van der Waals surface area contributed by atoms with Crippen LogP contribution in [0.25, 0.3) is 0 Å². The largest absolute Gasteiger partial charge is 0.469 e. The highest BCUT2D eigenvalue weighted by molar-refractivity contribution is 5.84. The molecule has 1 unspecified atom stereocenters.